The SMILES string of the molecule is COC(=O)C(C)Sc1ccc(C)cc1C. The number of hydrogen-bond acceptors (Lipinski definition) is 3. The smallest absolute Gasteiger partial charge is 0.318 e. The Kier molecular flexibility index (Phi) is 4.21. The van der Waals surface area contributed by atoms with Gasteiger partial charge in [0.1, 0.15) is 5.25 Å². The monoisotopic (exact) mass is 224 g/mol. The molecule has 0 heterocycles. The molecule has 15 heavy (non-hydrogen) atoms. The molecule has 0 aliphatic carbocycles. The molecule has 0 fully saturated rings. The van der Waals surface area contributed by atoms with Gasteiger partial charge < -0.3 is 4.74 Å². The van der Waals surface area contributed by atoms with Crippen LogP contribution < -0.4 is 0 Å². The minimum Gasteiger partial charge on any atom is -0.468 e. The van der Waals surface area contributed by atoms with Crippen molar-refractivity contribution in [3.8, 4) is 0 Å². The molecule has 1 aromatic carbocycles. The van der Waals surface area contributed by atoms with Crippen LogP contribution in [0.2, 0.25) is 0 Å². The Bertz CT molecular complexity index is 361. The Balaban J connectivity index is 2.76. The number of aryl methyl sites for hydroxylation is 2. The zero-order chi connectivity index (χ0) is 11.4. The molecule has 0 aliphatic heterocycles. The van der Waals surface area contributed by atoms with E-state index in [-0.39, 0.29) is 11.2 Å². The minimum atomic E-state index is -0.181. The number of rotatable bonds is 3. The first kappa shape index (κ1) is 12.1. The van der Waals surface area contributed by atoms with Gasteiger partial charge in [-0.2, -0.15) is 0 Å². The van der Waals surface area contributed by atoms with Crippen LogP contribution in [0, 0.1) is 13.8 Å². The van der Waals surface area contributed by atoms with Crippen LogP contribution in [0.25, 0.3) is 0 Å². The summed E-state index contributed by atoms with van der Waals surface area (Å²) in [7, 11) is 1.42. The van der Waals surface area contributed by atoms with E-state index in [0.717, 1.165) is 4.90 Å². The van der Waals surface area contributed by atoms with Gasteiger partial charge in [-0.3, -0.25) is 4.79 Å². The van der Waals surface area contributed by atoms with Gasteiger partial charge >= 0.3 is 5.97 Å². The van der Waals surface area contributed by atoms with Crippen molar-refractivity contribution in [1.29, 1.82) is 0 Å². The van der Waals surface area contributed by atoms with Gasteiger partial charge in [0.25, 0.3) is 0 Å². The average molecular weight is 224 g/mol. The van der Waals surface area contributed by atoms with Gasteiger partial charge in [-0.1, -0.05) is 17.7 Å². The van der Waals surface area contributed by atoms with E-state index in [1.165, 1.54) is 30.0 Å². The van der Waals surface area contributed by atoms with Crippen molar-refractivity contribution in [2.24, 2.45) is 0 Å². The number of carbonyl (C=O) groups excluding carboxylic acids is 1. The lowest BCUT2D eigenvalue weighted by atomic mass is 10.2. The molecular weight excluding hydrogens is 208 g/mol. The fourth-order valence-corrected chi connectivity index (χ4v) is 2.30. The van der Waals surface area contributed by atoms with Crippen molar-refractivity contribution in [3.63, 3.8) is 0 Å². The molecule has 0 saturated carbocycles. The second-order valence-corrected chi connectivity index (χ2v) is 4.93. The molecule has 0 aliphatic rings. The van der Waals surface area contributed by atoms with Gasteiger partial charge in [0.2, 0.25) is 0 Å². The van der Waals surface area contributed by atoms with Crippen molar-refractivity contribution in [2.45, 2.75) is 30.9 Å². The van der Waals surface area contributed by atoms with Gasteiger partial charge in [-0.05, 0) is 32.4 Å². The van der Waals surface area contributed by atoms with Gasteiger partial charge in [0, 0.05) is 4.90 Å². The molecule has 82 valence electrons. The first-order valence-electron chi connectivity index (χ1n) is 4.86. The average Bonchev–Trinajstić information content (AvgIpc) is 2.20. The van der Waals surface area contributed by atoms with Crippen LogP contribution in [0.4, 0.5) is 0 Å². The molecule has 0 bridgehead atoms. The van der Waals surface area contributed by atoms with Crippen LogP contribution in [0.3, 0.4) is 0 Å². The predicted octanol–water partition coefficient (Wildman–Crippen LogP) is 2.96. The van der Waals surface area contributed by atoms with Crippen LogP contribution in [0.15, 0.2) is 23.1 Å². The van der Waals surface area contributed by atoms with Crippen molar-refractivity contribution in [2.75, 3.05) is 7.11 Å². The lowest BCUT2D eigenvalue weighted by Crippen LogP contribution is -2.14. The third kappa shape index (κ3) is 3.27. The van der Waals surface area contributed by atoms with Crippen LogP contribution in [0.5, 0.6) is 0 Å². The highest BCUT2D eigenvalue weighted by atomic mass is 32.2. The standard InChI is InChI=1S/C12H16O2S/c1-8-5-6-11(9(2)7-8)15-10(3)12(13)14-4/h5-7,10H,1-4H3. The quantitative estimate of drug-likeness (QED) is 0.583. The maximum absolute atomic E-state index is 11.3. The minimum absolute atomic E-state index is 0.156. The second kappa shape index (κ2) is 5.21. The zero-order valence-electron chi connectivity index (χ0n) is 9.53. The van der Waals surface area contributed by atoms with Crippen molar-refractivity contribution < 1.29 is 9.53 Å². The van der Waals surface area contributed by atoms with Crippen molar-refractivity contribution in [1.82, 2.24) is 0 Å². The summed E-state index contributed by atoms with van der Waals surface area (Å²) in [6.45, 7) is 5.97. The number of hydrogen-bond donors (Lipinski definition) is 0. The van der Waals surface area contributed by atoms with Crippen LogP contribution in [-0.2, 0) is 9.53 Å². The molecule has 1 rings (SSSR count). The van der Waals surface area contributed by atoms with Crippen molar-refractivity contribution in [3.05, 3.63) is 29.3 Å². The second-order valence-electron chi connectivity index (χ2n) is 3.55. The highest BCUT2D eigenvalue weighted by molar-refractivity contribution is 8.00. The van der Waals surface area contributed by atoms with Gasteiger partial charge in [0.15, 0.2) is 0 Å². The van der Waals surface area contributed by atoms with Crippen LogP contribution >= 0.6 is 11.8 Å². The summed E-state index contributed by atoms with van der Waals surface area (Å²) in [6.07, 6.45) is 0. The number of esters is 1. The third-order valence-electron chi connectivity index (χ3n) is 2.17. The highest BCUT2D eigenvalue weighted by Gasteiger charge is 2.15. The van der Waals surface area contributed by atoms with Gasteiger partial charge in [-0.15, -0.1) is 11.8 Å². The summed E-state index contributed by atoms with van der Waals surface area (Å²) in [4.78, 5) is 12.4. The molecule has 0 aromatic heterocycles. The van der Waals surface area contributed by atoms with Crippen LogP contribution in [-0.4, -0.2) is 18.3 Å². The zero-order valence-corrected chi connectivity index (χ0v) is 10.4. The molecule has 1 unspecified atom stereocenters. The molecule has 2 nitrogen and oxygen atoms in total. The fourth-order valence-electron chi connectivity index (χ4n) is 1.34. The number of ether oxygens (including phenoxy) is 1. The molecular formula is C12H16O2S. The molecule has 0 spiro atoms. The van der Waals surface area contributed by atoms with E-state index >= 15 is 0 Å². The Morgan fingerprint density at radius 3 is 2.60 bits per heavy atom. The predicted molar refractivity (Wildman–Crippen MR) is 63.3 cm³/mol. The van der Waals surface area contributed by atoms with E-state index in [4.69, 9.17) is 0 Å². The first-order valence-corrected chi connectivity index (χ1v) is 5.74. The summed E-state index contributed by atoms with van der Waals surface area (Å²) >= 11 is 1.54. The highest BCUT2D eigenvalue weighted by Crippen LogP contribution is 2.27. The lowest BCUT2D eigenvalue weighted by molar-refractivity contribution is -0.139. The third-order valence-corrected chi connectivity index (χ3v) is 3.43. The molecule has 1 atom stereocenters. The molecule has 3 heteroatoms. The van der Waals surface area contributed by atoms with Crippen molar-refractivity contribution >= 4 is 17.7 Å². The summed E-state index contributed by atoms with van der Waals surface area (Å²) in [5.74, 6) is -0.181. The van der Waals surface area contributed by atoms with E-state index in [9.17, 15) is 4.79 Å². The van der Waals surface area contributed by atoms with E-state index in [1.54, 1.807) is 0 Å². The molecule has 0 saturated heterocycles. The number of thioether (sulfide) groups is 1. The molecule has 0 radical (unpaired) electrons. The maximum Gasteiger partial charge on any atom is 0.318 e. The fraction of sp³-hybridized carbons (Fsp3) is 0.417. The van der Waals surface area contributed by atoms with Gasteiger partial charge in [0.05, 0.1) is 7.11 Å². The summed E-state index contributed by atoms with van der Waals surface area (Å²) < 4.78 is 4.69. The summed E-state index contributed by atoms with van der Waals surface area (Å²) in [5, 5.41) is -0.156. The van der Waals surface area contributed by atoms with E-state index in [1.807, 2.05) is 6.92 Å². The van der Waals surface area contributed by atoms with Crippen LogP contribution in [0.1, 0.15) is 18.1 Å². The first-order chi connectivity index (χ1) is 7.04. The lowest BCUT2D eigenvalue weighted by Gasteiger charge is -2.11. The Labute approximate surface area is 95.0 Å². The Hall–Kier alpha value is -0.960. The Morgan fingerprint density at radius 2 is 2.07 bits per heavy atom. The number of methoxy groups -OCH3 is 1. The number of carbonyl (C=O) groups is 1. The maximum atomic E-state index is 11.3. The molecule has 1 aromatic rings. The summed E-state index contributed by atoms with van der Waals surface area (Å²) in [6, 6.07) is 6.22. The van der Waals surface area contributed by atoms with E-state index in [2.05, 4.69) is 36.8 Å². The number of benzene rings is 1. The molecule has 0 amide bonds. The van der Waals surface area contributed by atoms with E-state index in [0.29, 0.717) is 0 Å². The summed E-state index contributed by atoms with van der Waals surface area (Å²) in [5.41, 5.74) is 2.44. The molecule has 0 N–H and O–H groups in total. The Morgan fingerprint density at radius 1 is 1.40 bits per heavy atom. The largest absolute Gasteiger partial charge is 0.468 e. The van der Waals surface area contributed by atoms with Gasteiger partial charge in [-0.25, -0.2) is 0 Å². The normalized spacial score (nSPS) is 12.3. The van der Waals surface area contributed by atoms with E-state index < -0.39 is 0 Å². The topological polar surface area (TPSA) is 26.3 Å².